The highest BCUT2D eigenvalue weighted by Gasteiger charge is 2.40. The molecular weight excluding hydrogens is 286 g/mol. The summed E-state index contributed by atoms with van der Waals surface area (Å²) in [6.07, 6.45) is 5.19. The summed E-state index contributed by atoms with van der Waals surface area (Å²) in [5, 5.41) is 3.74. The first kappa shape index (κ1) is 14.7. The normalized spacial score (nSPS) is 28.4. The number of halogens is 1. The molecule has 2 fully saturated rings. The van der Waals surface area contributed by atoms with Crippen LogP contribution < -0.4 is 10.1 Å². The van der Waals surface area contributed by atoms with Gasteiger partial charge in [0.25, 0.3) is 5.91 Å². The van der Waals surface area contributed by atoms with E-state index in [2.05, 4.69) is 5.32 Å². The number of hydrogen-bond acceptors (Lipinski definition) is 2. The van der Waals surface area contributed by atoms with E-state index in [0.717, 1.165) is 12.3 Å². The molecule has 0 unspecified atom stereocenters. The molecule has 1 amide bonds. The molecule has 0 spiro atoms. The maximum atomic E-state index is 12.4. The summed E-state index contributed by atoms with van der Waals surface area (Å²) in [5.41, 5.74) is 0. The topological polar surface area (TPSA) is 38.3 Å². The summed E-state index contributed by atoms with van der Waals surface area (Å²) in [7, 11) is 0. The van der Waals surface area contributed by atoms with Gasteiger partial charge in [0.05, 0.1) is 5.02 Å². The first-order chi connectivity index (χ1) is 10.2. The number of benzene rings is 1. The van der Waals surface area contributed by atoms with Gasteiger partial charge in [0.2, 0.25) is 0 Å². The minimum atomic E-state index is -0.468. The van der Waals surface area contributed by atoms with Gasteiger partial charge in [-0.25, -0.2) is 0 Å². The number of ether oxygens (including phenoxy) is 1. The summed E-state index contributed by atoms with van der Waals surface area (Å²) < 4.78 is 5.80. The number of para-hydroxylation sites is 1. The van der Waals surface area contributed by atoms with Crippen LogP contribution in [0.1, 0.15) is 39.0 Å². The molecule has 4 atom stereocenters. The van der Waals surface area contributed by atoms with Gasteiger partial charge in [0, 0.05) is 6.04 Å². The van der Waals surface area contributed by atoms with Crippen LogP contribution in [-0.2, 0) is 4.79 Å². The highest BCUT2D eigenvalue weighted by atomic mass is 35.5. The van der Waals surface area contributed by atoms with Crippen LogP contribution in [0.4, 0.5) is 0 Å². The maximum absolute atomic E-state index is 12.4. The fourth-order valence-corrected chi connectivity index (χ4v) is 3.89. The lowest BCUT2D eigenvalue weighted by molar-refractivity contribution is -0.129. The van der Waals surface area contributed by atoms with Gasteiger partial charge >= 0.3 is 0 Å². The van der Waals surface area contributed by atoms with Crippen molar-refractivity contribution in [3.8, 4) is 5.75 Å². The summed E-state index contributed by atoms with van der Waals surface area (Å²) in [5.74, 6) is 2.07. The van der Waals surface area contributed by atoms with Crippen LogP contribution >= 0.6 is 11.6 Å². The Kier molecular flexibility index (Phi) is 4.39. The van der Waals surface area contributed by atoms with E-state index >= 15 is 0 Å². The number of hydrogen-bond donors (Lipinski definition) is 1. The van der Waals surface area contributed by atoms with Crippen molar-refractivity contribution in [2.45, 2.75) is 51.2 Å². The van der Waals surface area contributed by atoms with Gasteiger partial charge in [0.15, 0.2) is 6.10 Å². The maximum Gasteiger partial charge on any atom is 0.261 e. The molecule has 1 aromatic carbocycles. The van der Waals surface area contributed by atoms with E-state index in [0.29, 0.717) is 29.2 Å². The Morgan fingerprint density at radius 3 is 2.81 bits per heavy atom. The molecule has 3 nitrogen and oxygen atoms in total. The Labute approximate surface area is 131 Å². The standard InChI is InChI=1S/C17H22ClNO2/c1-2-15(21-16-6-4-3-5-13(16)18)17(20)19-14-10-11-7-8-12(14)9-11/h3-6,11-12,14-15H,2,7-10H2,1H3,(H,19,20)/t11-,12-,14-,15-/m0/s1. The smallest absolute Gasteiger partial charge is 0.261 e. The number of nitrogens with one attached hydrogen (secondary N) is 1. The largest absolute Gasteiger partial charge is 0.479 e. The molecule has 21 heavy (non-hydrogen) atoms. The van der Waals surface area contributed by atoms with Crippen molar-refractivity contribution >= 4 is 17.5 Å². The number of amides is 1. The predicted octanol–water partition coefficient (Wildman–Crippen LogP) is 3.80. The van der Waals surface area contributed by atoms with Crippen LogP contribution in [0.25, 0.3) is 0 Å². The van der Waals surface area contributed by atoms with Crippen molar-refractivity contribution in [3.05, 3.63) is 29.3 Å². The molecule has 1 aromatic rings. The zero-order valence-electron chi connectivity index (χ0n) is 12.3. The second-order valence-electron chi connectivity index (χ2n) is 6.24. The molecule has 3 rings (SSSR count). The van der Waals surface area contributed by atoms with Crippen LogP contribution in [0.3, 0.4) is 0 Å². The van der Waals surface area contributed by atoms with Crippen molar-refractivity contribution in [3.63, 3.8) is 0 Å². The first-order valence-corrected chi connectivity index (χ1v) is 8.26. The Morgan fingerprint density at radius 2 is 2.19 bits per heavy atom. The number of carbonyl (C=O) groups is 1. The van der Waals surface area contributed by atoms with Gasteiger partial charge in [0.1, 0.15) is 5.75 Å². The van der Waals surface area contributed by atoms with Gasteiger partial charge in [-0.1, -0.05) is 37.1 Å². The van der Waals surface area contributed by atoms with Crippen LogP contribution in [0.15, 0.2) is 24.3 Å². The molecule has 2 aliphatic rings. The molecule has 2 bridgehead atoms. The van der Waals surface area contributed by atoms with E-state index in [9.17, 15) is 4.79 Å². The monoisotopic (exact) mass is 307 g/mol. The van der Waals surface area contributed by atoms with Gasteiger partial charge in [-0.3, -0.25) is 4.79 Å². The quantitative estimate of drug-likeness (QED) is 0.898. The van der Waals surface area contributed by atoms with Crippen LogP contribution in [0.2, 0.25) is 5.02 Å². The molecule has 0 aliphatic heterocycles. The zero-order chi connectivity index (χ0) is 14.8. The van der Waals surface area contributed by atoms with E-state index in [1.807, 2.05) is 19.1 Å². The molecular formula is C17H22ClNO2. The third kappa shape index (κ3) is 3.18. The van der Waals surface area contributed by atoms with Crippen molar-refractivity contribution in [1.82, 2.24) is 5.32 Å². The second kappa shape index (κ2) is 6.27. The minimum Gasteiger partial charge on any atom is -0.479 e. The lowest BCUT2D eigenvalue weighted by Gasteiger charge is -2.25. The van der Waals surface area contributed by atoms with Gasteiger partial charge < -0.3 is 10.1 Å². The summed E-state index contributed by atoms with van der Waals surface area (Å²) in [6, 6.07) is 7.64. The van der Waals surface area contributed by atoms with E-state index < -0.39 is 6.10 Å². The third-order valence-corrected chi connectivity index (χ3v) is 5.15. The van der Waals surface area contributed by atoms with E-state index in [1.54, 1.807) is 12.1 Å². The van der Waals surface area contributed by atoms with Crippen LogP contribution in [-0.4, -0.2) is 18.1 Å². The fraction of sp³-hybridized carbons (Fsp3) is 0.588. The molecule has 0 radical (unpaired) electrons. The van der Waals surface area contributed by atoms with Gasteiger partial charge in [-0.15, -0.1) is 0 Å². The molecule has 0 aromatic heterocycles. The van der Waals surface area contributed by atoms with Crippen molar-refractivity contribution < 1.29 is 9.53 Å². The summed E-state index contributed by atoms with van der Waals surface area (Å²) in [6.45, 7) is 1.96. The molecule has 2 saturated carbocycles. The van der Waals surface area contributed by atoms with Crippen LogP contribution in [0, 0.1) is 11.8 Å². The van der Waals surface area contributed by atoms with Gasteiger partial charge in [-0.05, 0) is 49.7 Å². The second-order valence-corrected chi connectivity index (χ2v) is 6.64. The van der Waals surface area contributed by atoms with Crippen molar-refractivity contribution in [2.75, 3.05) is 0 Å². The van der Waals surface area contributed by atoms with E-state index in [-0.39, 0.29) is 5.91 Å². The molecule has 114 valence electrons. The highest BCUT2D eigenvalue weighted by Crippen LogP contribution is 2.44. The number of fused-ring (bicyclic) bond motifs is 2. The fourth-order valence-electron chi connectivity index (χ4n) is 3.71. The van der Waals surface area contributed by atoms with E-state index in [1.165, 1.54) is 19.3 Å². The average Bonchev–Trinajstić information content (AvgIpc) is 3.09. The molecule has 1 N–H and O–H groups in total. The Morgan fingerprint density at radius 1 is 1.38 bits per heavy atom. The molecule has 0 saturated heterocycles. The van der Waals surface area contributed by atoms with Crippen molar-refractivity contribution in [2.24, 2.45) is 11.8 Å². The van der Waals surface area contributed by atoms with Crippen molar-refractivity contribution in [1.29, 1.82) is 0 Å². The highest BCUT2D eigenvalue weighted by molar-refractivity contribution is 6.32. The molecule has 4 heteroatoms. The summed E-state index contributed by atoms with van der Waals surface area (Å²) >= 11 is 6.09. The Hall–Kier alpha value is -1.22. The Balaban J connectivity index is 1.60. The van der Waals surface area contributed by atoms with E-state index in [4.69, 9.17) is 16.3 Å². The number of rotatable bonds is 5. The lowest BCUT2D eigenvalue weighted by atomic mass is 9.95. The zero-order valence-corrected chi connectivity index (χ0v) is 13.1. The number of carbonyl (C=O) groups excluding carboxylic acids is 1. The lowest BCUT2D eigenvalue weighted by Crippen LogP contribution is -2.45. The minimum absolute atomic E-state index is 0.00466. The first-order valence-electron chi connectivity index (χ1n) is 7.89. The average molecular weight is 308 g/mol. The Bertz CT molecular complexity index is 519. The predicted molar refractivity (Wildman–Crippen MR) is 83.5 cm³/mol. The molecule has 2 aliphatic carbocycles. The molecule has 0 heterocycles. The SMILES string of the molecule is CC[C@H](Oc1ccccc1Cl)C(=O)N[C@H]1C[C@H]2CC[C@H]1C2. The van der Waals surface area contributed by atoms with Gasteiger partial charge in [-0.2, -0.15) is 0 Å². The van der Waals surface area contributed by atoms with Crippen LogP contribution in [0.5, 0.6) is 5.75 Å². The summed E-state index contributed by atoms with van der Waals surface area (Å²) in [4.78, 5) is 12.4. The third-order valence-electron chi connectivity index (χ3n) is 4.83.